The summed E-state index contributed by atoms with van der Waals surface area (Å²) in [5.74, 6) is 0.420. The molecule has 1 aliphatic rings. The molecule has 0 unspecified atom stereocenters. The molecule has 2 heteroatoms. The number of rotatable bonds is 5. The summed E-state index contributed by atoms with van der Waals surface area (Å²) >= 11 is 0. The Kier molecular flexibility index (Phi) is 3.50. The maximum absolute atomic E-state index is 11.1. The van der Waals surface area contributed by atoms with Gasteiger partial charge in [0.25, 0.3) is 0 Å². The van der Waals surface area contributed by atoms with Gasteiger partial charge in [0.15, 0.2) is 0 Å². The molecule has 0 aromatic heterocycles. The summed E-state index contributed by atoms with van der Waals surface area (Å²) < 4.78 is 4.81. The third-order valence-corrected chi connectivity index (χ3v) is 2.80. The molecule has 1 saturated carbocycles. The molecule has 0 spiro atoms. The lowest BCUT2D eigenvalue weighted by molar-refractivity contribution is -0.137. The number of carbonyl (C=O) groups is 1. The molecule has 0 amide bonds. The summed E-state index contributed by atoms with van der Waals surface area (Å²) in [5.41, 5.74) is 0.195. The maximum atomic E-state index is 11.1. The number of hydrogen-bond acceptors (Lipinski definition) is 2. The van der Waals surface area contributed by atoms with Crippen LogP contribution in [0.4, 0.5) is 0 Å². The lowest BCUT2D eigenvalue weighted by atomic mass is 10.0. The van der Waals surface area contributed by atoms with Gasteiger partial charge in [-0.3, -0.25) is 0 Å². The molecule has 2 nitrogen and oxygen atoms in total. The van der Waals surface area contributed by atoms with Crippen LogP contribution >= 0.6 is 0 Å². The molecule has 1 fully saturated rings. The van der Waals surface area contributed by atoms with Crippen LogP contribution in [0.1, 0.15) is 26.7 Å². The van der Waals surface area contributed by atoms with Gasteiger partial charge in [-0.15, -0.1) is 6.58 Å². The monoisotopic (exact) mass is 194 g/mol. The molecule has 0 saturated heterocycles. The second-order valence-corrected chi connectivity index (χ2v) is 4.02. The summed E-state index contributed by atoms with van der Waals surface area (Å²) in [6, 6.07) is 0. The standard InChI is InChI=1S/C12H18O2/c1-4-6-10-9-12(10,3)8-7-11(13)14-5-2/h4,7-8,10H,1,5-6,9H2,2-3H3/b8-7+/t10-,12+/m0/s1. The Labute approximate surface area is 85.6 Å². The average Bonchev–Trinajstić information content (AvgIpc) is 2.76. The molecule has 1 aliphatic carbocycles. The average molecular weight is 194 g/mol. The lowest BCUT2D eigenvalue weighted by Crippen LogP contribution is -2.01. The molecular formula is C12H18O2. The highest BCUT2D eigenvalue weighted by Crippen LogP contribution is 2.55. The molecule has 2 atom stereocenters. The summed E-state index contributed by atoms with van der Waals surface area (Å²) in [6.07, 6.45) is 7.64. The van der Waals surface area contributed by atoms with Crippen LogP contribution < -0.4 is 0 Å². The van der Waals surface area contributed by atoms with E-state index in [4.69, 9.17) is 4.74 Å². The first-order chi connectivity index (χ1) is 6.62. The zero-order valence-electron chi connectivity index (χ0n) is 8.95. The number of ether oxygens (including phenoxy) is 1. The second-order valence-electron chi connectivity index (χ2n) is 4.02. The van der Waals surface area contributed by atoms with Crippen molar-refractivity contribution in [1.29, 1.82) is 0 Å². The molecule has 0 aliphatic heterocycles. The van der Waals surface area contributed by atoms with Gasteiger partial charge in [0.1, 0.15) is 0 Å². The van der Waals surface area contributed by atoms with Crippen molar-refractivity contribution in [2.75, 3.05) is 6.61 Å². The van der Waals surface area contributed by atoms with Crippen LogP contribution in [-0.2, 0) is 9.53 Å². The summed E-state index contributed by atoms with van der Waals surface area (Å²) in [7, 11) is 0. The van der Waals surface area contributed by atoms with Crippen LogP contribution in [0.3, 0.4) is 0 Å². The van der Waals surface area contributed by atoms with Crippen LogP contribution in [0.15, 0.2) is 24.8 Å². The fraction of sp³-hybridized carbons (Fsp3) is 0.583. The molecule has 0 N–H and O–H groups in total. The normalized spacial score (nSPS) is 30.3. The van der Waals surface area contributed by atoms with E-state index in [0.29, 0.717) is 12.5 Å². The van der Waals surface area contributed by atoms with Crippen molar-refractivity contribution in [1.82, 2.24) is 0 Å². The first-order valence-corrected chi connectivity index (χ1v) is 5.09. The van der Waals surface area contributed by atoms with Gasteiger partial charge in [0.05, 0.1) is 6.61 Å². The van der Waals surface area contributed by atoms with E-state index in [1.54, 1.807) is 6.08 Å². The van der Waals surface area contributed by atoms with Gasteiger partial charge >= 0.3 is 5.97 Å². The van der Waals surface area contributed by atoms with Gasteiger partial charge in [-0.25, -0.2) is 4.79 Å². The molecule has 0 heterocycles. The molecule has 0 bridgehead atoms. The van der Waals surface area contributed by atoms with Crippen LogP contribution in [0.2, 0.25) is 0 Å². The van der Waals surface area contributed by atoms with E-state index in [0.717, 1.165) is 12.8 Å². The first kappa shape index (κ1) is 11.0. The van der Waals surface area contributed by atoms with Gasteiger partial charge in [-0.1, -0.05) is 19.1 Å². The Balaban J connectivity index is 2.38. The zero-order chi connectivity index (χ0) is 10.6. The highest BCUT2D eigenvalue weighted by atomic mass is 16.5. The first-order valence-electron chi connectivity index (χ1n) is 5.09. The van der Waals surface area contributed by atoms with Crippen LogP contribution in [0, 0.1) is 11.3 Å². The van der Waals surface area contributed by atoms with Crippen LogP contribution in [0.25, 0.3) is 0 Å². The van der Waals surface area contributed by atoms with Crippen molar-refractivity contribution < 1.29 is 9.53 Å². The molecule has 0 aromatic rings. The fourth-order valence-corrected chi connectivity index (χ4v) is 1.68. The molecule has 78 valence electrons. The lowest BCUT2D eigenvalue weighted by Gasteiger charge is -2.02. The Bertz CT molecular complexity index is 255. The molecule has 0 aromatic carbocycles. The third-order valence-electron chi connectivity index (χ3n) is 2.80. The van der Waals surface area contributed by atoms with Gasteiger partial charge < -0.3 is 4.74 Å². The largest absolute Gasteiger partial charge is 0.463 e. The van der Waals surface area contributed by atoms with Crippen molar-refractivity contribution in [3.05, 3.63) is 24.8 Å². The van der Waals surface area contributed by atoms with Gasteiger partial charge in [0.2, 0.25) is 0 Å². The number of esters is 1. The molecule has 1 rings (SSSR count). The van der Waals surface area contributed by atoms with E-state index in [2.05, 4.69) is 13.5 Å². The highest BCUT2D eigenvalue weighted by Gasteiger charge is 2.46. The van der Waals surface area contributed by atoms with E-state index in [-0.39, 0.29) is 11.4 Å². The van der Waals surface area contributed by atoms with E-state index in [1.807, 2.05) is 19.1 Å². The Morgan fingerprint density at radius 2 is 2.43 bits per heavy atom. The van der Waals surface area contributed by atoms with E-state index in [1.165, 1.54) is 0 Å². The minimum Gasteiger partial charge on any atom is -0.463 e. The number of allylic oxidation sites excluding steroid dienone is 2. The quantitative estimate of drug-likeness (QED) is 0.382. The van der Waals surface area contributed by atoms with Gasteiger partial charge in [-0.2, -0.15) is 0 Å². The predicted molar refractivity (Wildman–Crippen MR) is 56.8 cm³/mol. The SMILES string of the molecule is C=CC[C@H]1C[C@@]1(C)/C=C/C(=O)OCC. The third kappa shape index (κ3) is 2.72. The smallest absolute Gasteiger partial charge is 0.330 e. The predicted octanol–water partition coefficient (Wildman–Crippen LogP) is 2.71. The summed E-state index contributed by atoms with van der Waals surface area (Å²) in [4.78, 5) is 11.1. The molecule has 14 heavy (non-hydrogen) atoms. The number of hydrogen-bond donors (Lipinski definition) is 0. The maximum Gasteiger partial charge on any atom is 0.330 e. The van der Waals surface area contributed by atoms with Crippen molar-refractivity contribution >= 4 is 5.97 Å². The van der Waals surface area contributed by atoms with Crippen molar-refractivity contribution in [3.8, 4) is 0 Å². The highest BCUT2D eigenvalue weighted by molar-refractivity contribution is 5.82. The number of carbonyl (C=O) groups excluding carboxylic acids is 1. The molecule has 0 radical (unpaired) electrons. The Hall–Kier alpha value is -1.05. The zero-order valence-corrected chi connectivity index (χ0v) is 8.95. The topological polar surface area (TPSA) is 26.3 Å². The van der Waals surface area contributed by atoms with Gasteiger partial charge in [-0.05, 0) is 31.1 Å². The van der Waals surface area contributed by atoms with Crippen molar-refractivity contribution in [2.45, 2.75) is 26.7 Å². The van der Waals surface area contributed by atoms with Crippen LogP contribution in [0.5, 0.6) is 0 Å². The minimum atomic E-state index is -0.238. The van der Waals surface area contributed by atoms with Gasteiger partial charge in [0, 0.05) is 6.08 Å². The van der Waals surface area contributed by atoms with E-state index < -0.39 is 0 Å². The van der Waals surface area contributed by atoms with E-state index >= 15 is 0 Å². The molecular weight excluding hydrogens is 176 g/mol. The summed E-state index contributed by atoms with van der Waals surface area (Å²) in [6.45, 7) is 8.13. The van der Waals surface area contributed by atoms with Crippen molar-refractivity contribution in [2.24, 2.45) is 11.3 Å². The Morgan fingerprint density at radius 3 is 3.00 bits per heavy atom. The Morgan fingerprint density at radius 1 is 1.71 bits per heavy atom. The minimum absolute atomic E-state index is 0.195. The second kappa shape index (κ2) is 4.45. The summed E-state index contributed by atoms with van der Waals surface area (Å²) in [5, 5.41) is 0. The van der Waals surface area contributed by atoms with Crippen LogP contribution in [-0.4, -0.2) is 12.6 Å². The fourth-order valence-electron chi connectivity index (χ4n) is 1.68. The van der Waals surface area contributed by atoms with E-state index in [9.17, 15) is 4.79 Å². The van der Waals surface area contributed by atoms with Crippen molar-refractivity contribution in [3.63, 3.8) is 0 Å².